The van der Waals surface area contributed by atoms with Crippen molar-refractivity contribution in [2.75, 3.05) is 0 Å². The quantitative estimate of drug-likeness (QED) is 0.111. The molecule has 0 bridgehead atoms. The predicted octanol–water partition coefficient (Wildman–Crippen LogP) is 19.0. The first-order chi connectivity index (χ1) is 42.6. The minimum atomic E-state index is -0.0498. The zero-order valence-corrected chi connectivity index (χ0v) is 64.9. The molecule has 21 unspecified atom stereocenters. The lowest BCUT2D eigenvalue weighted by atomic mass is 9.73. The zero-order valence-electron chi connectivity index (χ0n) is 64.9. The fraction of sp³-hybridized carbons (Fsp3) is 1.00. The maximum Gasteiger partial charge on any atom is 0.0591 e. The highest BCUT2D eigenvalue weighted by Gasteiger charge is 2.33. The van der Waals surface area contributed by atoms with Crippen molar-refractivity contribution in [3.05, 3.63) is 0 Å². The second kappa shape index (κ2) is 45.4. The molecule has 0 aromatic rings. The molecule has 10 aliphatic rings. The lowest BCUT2D eigenvalue weighted by molar-refractivity contribution is 0.0135. The molecular weight excluding hydrogens is 1140 g/mol. The minimum Gasteiger partial charge on any atom is -0.393 e. The smallest absolute Gasteiger partial charge is 0.0591 e. The Labute approximate surface area is 571 Å². The second-order valence-electron chi connectivity index (χ2n) is 36.6. The maximum absolute atomic E-state index is 9.47. The highest BCUT2D eigenvalue weighted by Crippen LogP contribution is 2.39. The zero-order chi connectivity index (χ0) is 70.4. The van der Waals surface area contributed by atoms with Gasteiger partial charge in [-0.3, -0.25) is 0 Å². The van der Waals surface area contributed by atoms with Gasteiger partial charge in [0.15, 0.2) is 0 Å². The van der Waals surface area contributed by atoms with E-state index >= 15 is 0 Å². The third kappa shape index (κ3) is 38.3. The molecule has 21 atom stereocenters. The Morgan fingerprint density at radius 3 is 1.12 bits per heavy atom. The number of hydrogen-bond acceptors (Lipinski definition) is 10. The molecule has 0 spiro atoms. The highest BCUT2D eigenvalue weighted by atomic mass is 16.3. The largest absolute Gasteiger partial charge is 0.393 e. The van der Waals surface area contributed by atoms with Crippen LogP contribution in [0.5, 0.6) is 0 Å². The minimum absolute atomic E-state index is 0.00183. The van der Waals surface area contributed by atoms with E-state index in [2.05, 4.69) is 152 Å². The van der Waals surface area contributed by atoms with Crippen LogP contribution >= 0.6 is 0 Å². The maximum atomic E-state index is 9.47. The lowest BCUT2D eigenvalue weighted by Crippen LogP contribution is -2.33. The van der Waals surface area contributed by atoms with Gasteiger partial charge in [0.2, 0.25) is 0 Å². The van der Waals surface area contributed by atoms with Crippen molar-refractivity contribution in [2.24, 2.45) is 111 Å². The number of aliphatic hydroxyl groups is 10. The molecule has 10 fully saturated rings. The number of aliphatic hydroxyl groups excluding tert-OH is 10. The molecule has 10 N–H and O–H groups in total. The summed E-state index contributed by atoms with van der Waals surface area (Å²) >= 11 is 0. The van der Waals surface area contributed by atoms with Crippen LogP contribution in [0.2, 0.25) is 0 Å². The molecule has 0 aromatic carbocycles. The van der Waals surface area contributed by atoms with E-state index in [0.29, 0.717) is 58.2 Å². The van der Waals surface area contributed by atoms with Crippen LogP contribution in [-0.2, 0) is 0 Å². The Hall–Kier alpha value is -0.400. The third-order valence-corrected chi connectivity index (χ3v) is 25.3. The van der Waals surface area contributed by atoms with Crippen molar-refractivity contribution in [3.8, 4) is 0 Å². The Morgan fingerprint density at radius 2 is 0.728 bits per heavy atom. The van der Waals surface area contributed by atoms with Crippen LogP contribution in [0.1, 0.15) is 351 Å². The summed E-state index contributed by atoms with van der Waals surface area (Å²) < 4.78 is 0. The van der Waals surface area contributed by atoms with E-state index < -0.39 is 0 Å². The summed E-state index contributed by atoms with van der Waals surface area (Å²) in [5.74, 6) is 11.0. The molecule has 0 heterocycles. The molecular formula is C82H164O10. The molecule has 92 heavy (non-hydrogen) atoms. The van der Waals surface area contributed by atoms with Crippen molar-refractivity contribution < 1.29 is 51.1 Å². The summed E-state index contributed by atoms with van der Waals surface area (Å²) in [6.07, 6.45) is 34.9. The van der Waals surface area contributed by atoms with Crippen LogP contribution in [0.15, 0.2) is 0 Å². The van der Waals surface area contributed by atoms with E-state index in [1.807, 2.05) is 0 Å². The van der Waals surface area contributed by atoms with Crippen molar-refractivity contribution in [3.63, 3.8) is 0 Å². The molecule has 10 saturated carbocycles. The summed E-state index contributed by atoms with van der Waals surface area (Å²) in [5, 5.41) is 93.2. The first-order valence-corrected chi connectivity index (χ1v) is 39.4. The molecule has 0 saturated heterocycles. The average molecular weight is 1310 g/mol. The van der Waals surface area contributed by atoms with E-state index in [9.17, 15) is 46.0 Å². The molecule has 10 heteroatoms. The summed E-state index contributed by atoms with van der Waals surface area (Å²) in [4.78, 5) is 0. The van der Waals surface area contributed by atoms with Crippen LogP contribution in [0.4, 0.5) is 0 Å². The van der Waals surface area contributed by atoms with Gasteiger partial charge in [0.1, 0.15) is 0 Å². The first-order valence-electron chi connectivity index (χ1n) is 39.4. The summed E-state index contributed by atoms with van der Waals surface area (Å²) in [5.41, 5.74) is 1.09. The van der Waals surface area contributed by atoms with Gasteiger partial charge < -0.3 is 51.1 Å². The van der Waals surface area contributed by atoms with E-state index in [4.69, 9.17) is 5.11 Å². The lowest BCUT2D eigenvalue weighted by Gasteiger charge is -2.35. The van der Waals surface area contributed by atoms with Crippen LogP contribution in [0.25, 0.3) is 0 Å². The monoisotopic (exact) mass is 1310 g/mol. The molecule has 0 aliphatic heterocycles. The second-order valence-corrected chi connectivity index (χ2v) is 36.6. The van der Waals surface area contributed by atoms with Gasteiger partial charge in [-0.05, 0) is 278 Å². The van der Waals surface area contributed by atoms with E-state index in [1.165, 1.54) is 109 Å². The van der Waals surface area contributed by atoms with Gasteiger partial charge in [-0.1, -0.05) is 184 Å². The predicted molar refractivity (Wildman–Crippen MR) is 391 cm³/mol. The van der Waals surface area contributed by atoms with Gasteiger partial charge in [-0.25, -0.2) is 0 Å². The van der Waals surface area contributed by atoms with Gasteiger partial charge in [0, 0.05) is 0 Å². The van der Waals surface area contributed by atoms with Gasteiger partial charge in [-0.2, -0.15) is 0 Å². The van der Waals surface area contributed by atoms with E-state index in [0.717, 1.165) is 137 Å². The molecule has 0 aromatic heterocycles. The van der Waals surface area contributed by atoms with Crippen molar-refractivity contribution >= 4 is 0 Å². The summed E-state index contributed by atoms with van der Waals surface area (Å²) in [6, 6.07) is 0. The van der Waals surface area contributed by atoms with Crippen LogP contribution in [0.3, 0.4) is 0 Å². The molecule has 0 radical (unpaired) electrons. The first kappa shape index (κ1) is 89.6. The van der Waals surface area contributed by atoms with Crippen molar-refractivity contribution in [1.29, 1.82) is 0 Å². The van der Waals surface area contributed by atoms with Crippen molar-refractivity contribution in [1.82, 2.24) is 0 Å². The Balaban J connectivity index is 0.000000511. The Bertz CT molecular complexity index is 1680. The van der Waals surface area contributed by atoms with Crippen molar-refractivity contribution in [2.45, 2.75) is 412 Å². The summed E-state index contributed by atoms with van der Waals surface area (Å²) in [7, 11) is 0. The van der Waals surface area contributed by atoms with Crippen LogP contribution in [0, 0.1) is 111 Å². The standard InChI is InChI=1S/2C9H18O.8C8H16O/c1-6-4-9(10)5-7(2)8(6)3;1-6-4-5-9(10)8(3)7(6)2;1-6-3-7(2)5-8(9)4-6;1-8(2)5-3-7(9)4-6-8;1-6-3-4-8(9)5-7(6)2;1-6-3-4-8(9)7(2)5-6;1-6-3-4-7(2)8(9)5-6;1-8(2)5-3-4-7(9)6-8;1-8(2)6-4-3-5-7(8)9;1-6-4-3-5-7(2)8(6)9/h2*6-10H,4-5H2,1-3H3;6-9H,3-5H2,1-2H3;7,9H,3-6H2,1-2H3;3*6-9H,3-5H2,1-2H3;2*7,9H,3-6H2,1-2H3;6-9H,3-5H2,1-2H3. The van der Waals surface area contributed by atoms with E-state index in [-0.39, 0.29) is 66.5 Å². The van der Waals surface area contributed by atoms with Gasteiger partial charge in [0.25, 0.3) is 0 Å². The molecule has 10 rings (SSSR count). The fourth-order valence-corrected chi connectivity index (χ4v) is 16.5. The van der Waals surface area contributed by atoms with Crippen LogP contribution in [-0.4, -0.2) is 112 Å². The fourth-order valence-electron chi connectivity index (χ4n) is 16.5. The Morgan fingerprint density at radius 1 is 0.239 bits per heavy atom. The SMILES string of the molecule is CC1(C)CCC(O)CC1.CC1(C)CCCC(O)C1.CC1(C)CCCCC1O.CC1CC(C)CC(O)C1.CC1CC(O)CC(C)C1C.CC1CCC(C)C(O)C1.CC1CCC(O)C(C)C1.CC1CCC(O)C(C)C1C.CC1CCC(O)CC1C.CC1CCCC(C)C1O. The Kier molecular flexibility index (Phi) is 44.2. The van der Waals surface area contributed by atoms with Gasteiger partial charge >= 0.3 is 0 Å². The normalized spacial score (nSPS) is 42.2. The van der Waals surface area contributed by atoms with Gasteiger partial charge in [-0.15, -0.1) is 0 Å². The number of hydrogen-bond donors (Lipinski definition) is 10. The molecule has 0 amide bonds. The van der Waals surface area contributed by atoms with Crippen LogP contribution < -0.4 is 0 Å². The molecule has 10 nitrogen and oxygen atoms in total. The molecule has 552 valence electrons. The number of rotatable bonds is 0. The van der Waals surface area contributed by atoms with Gasteiger partial charge in [0.05, 0.1) is 61.0 Å². The average Bonchev–Trinajstić information content (AvgIpc) is 2.76. The van der Waals surface area contributed by atoms with E-state index in [1.54, 1.807) is 0 Å². The summed E-state index contributed by atoms with van der Waals surface area (Å²) in [6.45, 7) is 48.8. The highest BCUT2D eigenvalue weighted by molar-refractivity contribution is 4.85. The third-order valence-electron chi connectivity index (χ3n) is 25.3. The molecule has 10 aliphatic carbocycles. The topological polar surface area (TPSA) is 202 Å².